The molecule has 0 spiro atoms. The van der Waals surface area contributed by atoms with Gasteiger partial charge in [-0.15, -0.1) is 0 Å². The van der Waals surface area contributed by atoms with Gasteiger partial charge in [0.1, 0.15) is 5.82 Å². The molecule has 55 heavy (non-hydrogen) atoms. The molecule has 1 aliphatic carbocycles. The molecule has 7 rings (SSSR count). The molecule has 2 aliphatic rings. The van der Waals surface area contributed by atoms with Crippen LogP contribution in [0, 0.1) is 5.82 Å². The number of carbonyl (C=O) groups is 2. The lowest BCUT2D eigenvalue weighted by molar-refractivity contribution is -0.122. The van der Waals surface area contributed by atoms with Gasteiger partial charge >= 0.3 is 0 Å². The first-order chi connectivity index (χ1) is 27.0. The minimum absolute atomic E-state index is 0.143. The summed E-state index contributed by atoms with van der Waals surface area (Å²) in [6.07, 6.45) is 9.80. The number of hydrogen-bond acceptors (Lipinski definition) is 11. The number of imidazole rings is 1. The van der Waals surface area contributed by atoms with E-state index in [4.69, 9.17) is 24.9 Å². The summed E-state index contributed by atoms with van der Waals surface area (Å²) in [5.74, 6) is -0.218. The van der Waals surface area contributed by atoms with Crippen LogP contribution < -0.4 is 16.4 Å². The molecule has 290 valence electrons. The summed E-state index contributed by atoms with van der Waals surface area (Å²) in [5, 5.41) is 13.1. The lowest BCUT2D eigenvalue weighted by Crippen LogP contribution is -2.55. The molecule has 1 saturated carbocycles. The van der Waals surface area contributed by atoms with Crippen LogP contribution in [0.25, 0.3) is 16.9 Å². The van der Waals surface area contributed by atoms with Crippen LogP contribution in [0.4, 0.5) is 21.6 Å². The number of aromatic nitrogens is 5. The number of benzene rings is 2. The van der Waals surface area contributed by atoms with E-state index in [1.807, 2.05) is 40.9 Å². The third kappa shape index (κ3) is 9.71. The number of aromatic amines is 1. The van der Waals surface area contributed by atoms with Gasteiger partial charge in [-0.25, -0.2) is 14.4 Å². The number of nitrogens with two attached hydrogens (primary N) is 1. The third-order valence-electron chi connectivity index (χ3n) is 9.70. The molecule has 2 fully saturated rings. The largest absolute Gasteiger partial charge is 0.379 e. The van der Waals surface area contributed by atoms with Crippen molar-refractivity contribution < 1.29 is 28.2 Å². The van der Waals surface area contributed by atoms with Gasteiger partial charge in [0.2, 0.25) is 5.91 Å². The highest BCUT2D eigenvalue weighted by molar-refractivity contribution is 5.96. The Morgan fingerprint density at radius 3 is 2.38 bits per heavy atom. The molecule has 0 radical (unpaired) electrons. The summed E-state index contributed by atoms with van der Waals surface area (Å²) >= 11 is 0. The number of H-pyrrole nitrogens is 1. The maximum Gasteiger partial charge on any atom is 0.254 e. The number of anilines is 3. The van der Waals surface area contributed by atoms with Crippen molar-refractivity contribution in [2.75, 3.05) is 83.0 Å². The number of nitrogens with zero attached hydrogens (tertiary/aromatic N) is 6. The van der Waals surface area contributed by atoms with Crippen molar-refractivity contribution in [3.63, 3.8) is 0 Å². The molecule has 1 aliphatic heterocycles. The number of ether oxygens (including phenoxy) is 3. The van der Waals surface area contributed by atoms with Crippen LogP contribution in [-0.2, 0) is 19.0 Å². The maximum atomic E-state index is 15.7. The van der Waals surface area contributed by atoms with Crippen LogP contribution in [-0.4, -0.2) is 125 Å². The second kappa shape index (κ2) is 18.4. The number of carbonyl (C=O) groups excluding carboxylic acids is 2. The molecule has 5 N–H and O–H groups in total. The SMILES string of the molecule is NCCOCCOCCOCCC(C(=O)Nc1ccccc1)N1CCN(C(=O)c2ccc(Nc3nc(C4CC4)cn4c(-c5cn[nH]c5)cnc34)c(F)c2)CC1. The van der Waals surface area contributed by atoms with Crippen LogP contribution >= 0.6 is 0 Å². The summed E-state index contributed by atoms with van der Waals surface area (Å²) in [5.41, 5.74) is 9.73. The van der Waals surface area contributed by atoms with Gasteiger partial charge in [-0.2, -0.15) is 5.10 Å². The predicted octanol–water partition coefficient (Wildman–Crippen LogP) is 4.04. The molecular weight excluding hydrogens is 707 g/mol. The van der Waals surface area contributed by atoms with Crippen LogP contribution in [0.5, 0.6) is 0 Å². The van der Waals surface area contributed by atoms with Gasteiger partial charge in [-0.3, -0.25) is 24.0 Å². The number of rotatable bonds is 19. The minimum Gasteiger partial charge on any atom is -0.379 e. The average Bonchev–Trinajstić information content (AvgIpc) is 3.74. The van der Waals surface area contributed by atoms with Crippen molar-refractivity contribution in [2.45, 2.75) is 31.2 Å². The monoisotopic (exact) mass is 754 g/mol. The number of halogens is 1. The second-order valence-electron chi connectivity index (χ2n) is 13.5. The Kier molecular flexibility index (Phi) is 12.7. The van der Waals surface area contributed by atoms with Crippen LogP contribution in [0.1, 0.15) is 41.2 Å². The molecule has 4 heterocycles. The molecule has 3 aromatic heterocycles. The summed E-state index contributed by atoms with van der Waals surface area (Å²) in [4.78, 5) is 40.3. The van der Waals surface area contributed by atoms with Crippen molar-refractivity contribution in [1.29, 1.82) is 0 Å². The van der Waals surface area contributed by atoms with Crippen molar-refractivity contribution in [1.82, 2.24) is 34.4 Å². The first kappa shape index (κ1) is 38.0. The van der Waals surface area contributed by atoms with Gasteiger partial charge < -0.3 is 35.5 Å². The molecule has 1 saturated heterocycles. The van der Waals surface area contributed by atoms with Crippen molar-refractivity contribution in [3.05, 3.63) is 90.4 Å². The quantitative estimate of drug-likeness (QED) is 0.0895. The lowest BCUT2D eigenvalue weighted by Gasteiger charge is -2.38. The highest BCUT2D eigenvalue weighted by atomic mass is 19.1. The number of amides is 2. The molecule has 2 amide bonds. The Morgan fingerprint density at radius 2 is 1.69 bits per heavy atom. The summed E-state index contributed by atoms with van der Waals surface area (Å²) < 4.78 is 34.3. The standard InChI is InChI=1S/C39H47FN10O5/c40-31-22-28(8-9-32(31)46-36-37-42-25-35(29-23-43-44-24-29)50(37)26-33(47-36)27-6-7-27)39(52)49-14-12-48(13-15-49)34(38(51)45-30-4-2-1-3-5-30)10-16-53-18-20-55-21-19-54-17-11-41/h1-5,8-9,22-27,34H,6-7,10-21,41H2,(H,43,44)(H,45,51)(H,46,47). The number of piperazine rings is 1. The number of fused-ring (bicyclic) bond motifs is 1. The molecule has 16 heteroatoms. The third-order valence-corrected chi connectivity index (χ3v) is 9.70. The Hall–Kier alpha value is -5.26. The lowest BCUT2D eigenvalue weighted by atomic mass is 10.1. The molecule has 5 aromatic rings. The number of nitrogens with one attached hydrogen (secondary N) is 3. The topological polar surface area (TPSA) is 177 Å². The van der Waals surface area contributed by atoms with Crippen molar-refractivity contribution in [3.8, 4) is 11.3 Å². The molecule has 1 atom stereocenters. The zero-order chi connectivity index (χ0) is 38.0. The number of hydrogen-bond donors (Lipinski definition) is 4. The van der Waals surface area contributed by atoms with Crippen molar-refractivity contribution in [2.24, 2.45) is 5.73 Å². The molecular formula is C39H47FN10O5. The van der Waals surface area contributed by atoms with E-state index < -0.39 is 11.9 Å². The fourth-order valence-electron chi connectivity index (χ4n) is 6.61. The van der Waals surface area contributed by atoms with E-state index in [2.05, 4.69) is 30.7 Å². The van der Waals surface area contributed by atoms with E-state index in [9.17, 15) is 9.59 Å². The zero-order valence-corrected chi connectivity index (χ0v) is 30.7. The molecule has 0 bridgehead atoms. The van der Waals surface area contributed by atoms with Gasteiger partial charge in [0.25, 0.3) is 5.91 Å². The summed E-state index contributed by atoms with van der Waals surface area (Å²) in [7, 11) is 0. The Labute approximate surface area is 318 Å². The Morgan fingerprint density at radius 1 is 0.945 bits per heavy atom. The fraction of sp³-hybridized carbons (Fsp3) is 0.410. The fourth-order valence-corrected chi connectivity index (χ4v) is 6.61. The second-order valence-corrected chi connectivity index (χ2v) is 13.5. The van der Waals surface area contributed by atoms with E-state index in [-0.39, 0.29) is 23.1 Å². The maximum absolute atomic E-state index is 15.7. The van der Waals surface area contributed by atoms with Gasteiger partial charge in [-0.1, -0.05) is 18.2 Å². The van der Waals surface area contributed by atoms with Gasteiger partial charge in [0.05, 0.1) is 68.5 Å². The van der Waals surface area contributed by atoms with Crippen LogP contribution in [0.15, 0.2) is 73.3 Å². The normalized spacial score (nSPS) is 15.3. The summed E-state index contributed by atoms with van der Waals surface area (Å²) in [6, 6.07) is 13.3. The van der Waals surface area contributed by atoms with E-state index in [0.29, 0.717) is 102 Å². The Bertz CT molecular complexity index is 2020. The van der Waals surface area contributed by atoms with Gasteiger partial charge in [-0.05, 0) is 49.6 Å². The van der Waals surface area contributed by atoms with E-state index in [0.717, 1.165) is 29.8 Å². The zero-order valence-electron chi connectivity index (χ0n) is 30.7. The first-order valence-electron chi connectivity index (χ1n) is 18.7. The predicted molar refractivity (Wildman–Crippen MR) is 205 cm³/mol. The molecule has 2 aromatic carbocycles. The van der Waals surface area contributed by atoms with E-state index >= 15 is 4.39 Å². The highest BCUT2D eigenvalue weighted by Gasteiger charge is 2.31. The van der Waals surface area contributed by atoms with Crippen LogP contribution in [0.2, 0.25) is 0 Å². The van der Waals surface area contributed by atoms with Crippen LogP contribution in [0.3, 0.4) is 0 Å². The average molecular weight is 755 g/mol. The van der Waals surface area contributed by atoms with Gasteiger partial charge in [0, 0.05) is 74.5 Å². The minimum atomic E-state index is -0.578. The Balaban J connectivity index is 0.960. The smallest absolute Gasteiger partial charge is 0.254 e. The van der Waals surface area contributed by atoms with E-state index in [1.165, 1.54) is 6.07 Å². The first-order valence-corrected chi connectivity index (χ1v) is 18.7. The number of para-hydroxylation sites is 1. The molecule has 1 unspecified atom stereocenters. The molecule has 15 nitrogen and oxygen atoms in total. The highest BCUT2D eigenvalue weighted by Crippen LogP contribution is 2.40. The van der Waals surface area contributed by atoms with Crippen molar-refractivity contribution >= 4 is 34.7 Å². The van der Waals surface area contributed by atoms with E-state index in [1.54, 1.807) is 35.6 Å². The summed E-state index contributed by atoms with van der Waals surface area (Å²) in [6.45, 7) is 4.76. The van der Waals surface area contributed by atoms with Gasteiger partial charge in [0.15, 0.2) is 11.5 Å².